The predicted octanol–water partition coefficient (Wildman–Crippen LogP) is 2.24. The number of nitrogens with zero attached hydrogens (tertiary/aromatic N) is 2. The van der Waals surface area contributed by atoms with Gasteiger partial charge in [0.05, 0.1) is 11.4 Å². The minimum atomic E-state index is -0.486. The zero-order chi connectivity index (χ0) is 12.1. The third-order valence-electron chi connectivity index (χ3n) is 2.27. The van der Waals surface area contributed by atoms with Gasteiger partial charge in [-0.05, 0) is 13.3 Å². The van der Waals surface area contributed by atoms with Crippen molar-refractivity contribution < 1.29 is 4.39 Å². The smallest absolute Gasteiger partial charge is 0.187 e. The third-order valence-corrected chi connectivity index (χ3v) is 3.60. The van der Waals surface area contributed by atoms with Crippen LogP contribution in [-0.4, -0.2) is 15.2 Å². The number of nitrogens with two attached hydrogens (primary N) is 1. The minimum absolute atomic E-state index is 0.0623. The maximum absolute atomic E-state index is 13.4. The Balaban J connectivity index is 2.78. The van der Waals surface area contributed by atoms with E-state index in [1.165, 1.54) is 0 Å². The van der Waals surface area contributed by atoms with Crippen molar-refractivity contribution in [1.82, 2.24) is 9.97 Å². The fourth-order valence-corrected chi connectivity index (χ4v) is 1.91. The molecule has 1 aromatic heterocycles. The van der Waals surface area contributed by atoms with Gasteiger partial charge in [-0.25, -0.2) is 20.2 Å². The van der Waals surface area contributed by atoms with E-state index in [9.17, 15) is 4.39 Å². The lowest BCUT2D eigenvalue weighted by atomic mass is 10.4. The number of hydrogen-bond donors (Lipinski definition) is 2. The Labute approximate surface area is 99.2 Å². The number of rotatable bonds is 5. The molecule has 1 atom stereocenters. The fraction of sp³-hybridized carbons (Fsp3) is 0.600. The van der Waals surface area contributed by atoms with E-state index in [1.807, 2.05) is 0 Å². The van der Waals surface area contributed by atoms with Gasteiger partial charge in [-0.2, -0.15) is 11.8 Å². The zero-order valence-corrected chi connectivity index (χ0v) is 10.6. The van der Waals surface area contributed by atoms with Gasteiger partial charge in [-0.1, -0.05) is 13.8 Å². The number of nitrogen functional groups attached to an aromatic ring is 1. The highest BCUT2D eigenvalue weighted by Crippen LogP contribution is 2.20. The largest absolute Gasteiger partial charge is 0.306 e. The minimum Gasteiger partial charge on any atom is -0.306 e. The number of hydrogen-bond acceptors (Lipinski definition) is 5. The maximum Gasteiger partial charge on any atom is 0.187 e. The molecule has 6 heteroatoms. The average molecular weight is 244 g/mol. The standard InChI is InChI=1S/C10H17FN4S/c1-4-6(2)16-5-8-13-7(3)9(11)10(14-8)15-12/h6H,4-5,12H2,1-3H3,(H,13,14,15). The van der Waals surface area contributed by atoms with Crippen molar-refractivity contribution >= 4 is 17.6 Å². The lowest BCUT2D eigenvalue weighted by molar-refractivity contribution is 0.602. The van der Waals surface area contributed by atoms with Gasteiger partial charge in [0, 0.05) is 5.25 Å². The molecule has 0 aliphatic rings. The molecule has 1 heterocycles. The van der Waals surface area contributed by atoms with Gasteiger partial charge in [-0.15, -0.1) is 0 Å². The molecule has 90 valence electrons. The number of thioether (sulfide) groups is 1. The van der Waals surface area contributed by atoms with Crippen LogP contribution in [0.5, 0.6) is 0 Å². The summed E-state index contributed by atoms with van der Waals surface area (Å²) in [5.74, 6) is 6.04. The Morgan fingerprint density at radius 2 is 2.19 bits per heavy atom. The molecule has 0 radical (unpaired) electrons. The van der Waals surface area contributed by atoms with Crippen molar-refractivity contribution in [2.75, 3.05) is 5.43 Å². The quantitative estimate of drug-likeness (QED) is 0.614. The van der Waals surface area contributed by atoms with Crippen molar-refractivity contribution in [2.24, 2.45) is 5.84 Å². The van der Waals surface area contributed by atoms with Crippen LogP contribution in [0, 0.1) is 12.7 Å². The molecule has 0 amide bonds. The van der Waals surface area contributed by atoms with Crippen LogP contribution < -0.4 is 11.3 Å². The molecule has 1 rings (SSSR count). The van der Waals surface area contributed by atoms with E-state index in [2.05, 4.69) is 29.2 Å². The molecular weight excluding hydrogens is 227 g/mol. The number of anilines is 1. The molecule has 0 aromatic carbocycles. The van der Waals surface area contributed by atoms with E-state index in [-0.39, 0.29) is 5.82 Å². The lowest BCUT2D eigenvalue weighted by Gasteiger charge is -2.09. The van der Waals surface area contributed by atoms with Crippen LogP contribution in [0.25, 0.3) is 0 Å². The van der Waals surface area contributed by atoms with Crippen LogP contribution >= 0.6 is 11.8 Å². The summed E-state index contributed by atoms with van der Waals surface area (Å²) in [6, 6.07) is 0. The molecule has 16 heavy (non-hydrogen) atoms. The topological polar surface area (TPSA) is 63.8 Å². The Kier molecular flexibility index (Phi) is 4.95. The SMILES string of the molecule is CCC(C)SCc1nc(C)c(F)c(NN)n1. The van der Waals surface area contributed by atoms with Crippen LogP contribution in [0.15, 0.2) is 0 Å². The molecule has 1 aromatic rings. The Hall–Kier alpha value is -0.880. The highest BCUT2D eigenvalue weighted by atomic mass is 32.2. The Morgan fingerprint density at radius 1 is 1.50 bits per heavy atom. The first-order valence-electron chi connectivity index (χ1n) is 5.19. The normalized spacial score (nSPS) is 12.6. The van der Waals surface area contributed by atoms with E-state index < -0.39 is 5.82 Å². The fourth-order valence-electron chi connectivity index (χ4n) is 1.11. The molecule has 1 unspecified atom stereocenters. The van der Waals surface area contributed by atoms with Gasteiger partial charge < -0.3 is 5.43 Å². The van der Waals surface area contributed by atoms with Crippen molar-refractivity contribution in [2.45, 2.75) is 38.2 Å². The monoisotopic (exact) mass is 244 g/mol. The summed E-state index contributed by atoms with van der Waals surface area (Å²) in [7, 11) is 0. The van der Waals surface area contributed by atoms with E-state index in [4.69, 9.17) is 5.84 Å². The van der Waals surface area contributed by atoms with Gasteiger partial charge in [0.2, 0.25) is 0 Å². The van der Waals surface area contributed by atoms with Gasteiger partial charge >= 0.3 is 0 Å². The number of hydrazine groups is 1. The lowest BCUT2D eigenvalue weighted by Crippen LogP contribution is -2.14. The van der Waals surface area contributed by atoms with Gasteiger partial charge in [0.15, 0.2) is 11.6 Å². The summed E-state index contributed by atoms with van der Waals surface area (Å²) in [5.41, 5.74) is 2.56. The first-order valence-corrected chi connectivity index (χ1v) is 6.24. The summed E-state index contributed by atoms with van der Waals surface area (Å²) < 4.78 is 13.4. The van der Waals surface area contributed by atoms with E-state index >= 15 is 0 Å². The molecule has 4 nitrogen and oxygen atoms in total. The van der Waals surface area contributed by atoms with E-state index in [0.29, 0.717) is 22.5 Å². The molecule has 0 saturated carbocycles. The van der Waals surface area contributed by atoms with E-state index in [1.54, 1.807) is 18.7 Å². The molecular formula is C10H17FN4S. The molecule has 0 bridgehead atoms. The average Bonchev–Trinajstić information content (AvgIpc) is 2.29. The first kappa shape index (κ1) is 13.2. The number of nitrogens with one attached hydrogen (secondary N) is 1. The maximum atomic E-state index is 13.4. The first-order chi connectivity index (χ1) is 7.58. The second-order valence-corrected chi connectivity index (χ2v) is 4.99. The molecule has 0 saturated heterocycles. The predicted molar refractivity (Wildman–Crippen MR) is 65.6 cm³/mol. The summed E-state index contributed by atoms with van der Waals surface area (Å²) in [6.45, 7) is 5.87. The summed E-state index contributed by atoms with van der Waals surface area (Å²) in [6.07, 6.45) is 1.09. The third kappa shape index (κ3) is 3.31. The highest BCUT2D eigenvalue weighted by molar-refractivity contribution is 7.99. The van der Waals surface area contributed by atoms with Crippen molar-refractivity contribution in [3.63, 3.8) is 0 Å². The number of aryl methyl sites for hydroxylation is 1. The van der Waals surface area contributed by atoms with Crippen LogP contribution in [0.1, 0.15) is 31.8 Å². The van der Waals surface area contributed by atoms with Crippen LogP contribution in [0.2, 0.25) is 0 Å². The van der Waals surface area contributed by atoms with Crippen LogP contribution in [0.4, 0.5) is 10.2 Å². The van der Waals surface area contributed by atoms with Crippen molar-refractivity contribution in [1.29, 1.82) is 0 Å². The second-order valence-electron chi connectivity index (χ2n) is 3.56. The summed E-state index contributed by atoms with van der Waals surface area (Å²) >= 11 is 1.75. The number of aromatic nitrogens is 2. The van der Waals surface area contributed by atoms with Crippen LogP contribution in [-0.2, 0) is 5.75 Å². The zero-order valence-electron chi connectivity index (χ0n) is 9.75. The van der Waals surface area contributed by atoms with Crippen LogP contribution in [0.3, 0.4) is 0 Å². The van der Waals surface area contributed by atoms with Crippen molar-refractivity contribution in [3.8, 4) is 0 Å². The van der Waals surface area contributed by atoms with Crippen molar-refractivity contribution in [3.05, 3.63) is 17.3 Å². The molecule has 0 spiro atoms. The highest BCUT2D eigenvalue weighted by Gasteiger charge is 2.11. The summed E-state index contributed by atoms with van der Waals surface area (Å²) in [4.78, 5) is 8.10. The van der Waals surface area contributed by atoms with E-state index in [0.717, 1.165) is 6.42 Å². The molecule has 0 fully saturated rings. The summed E-state index contributed by atoms with van der Waals surface area (Å²) in [5, 5.41) is 0.545. The number of halogens is 1. The molecule has 3 N–H and O–H groups in total. The Bertz CT molecular complexity index is 359. The van der Waals surface area contributed by atoms with Gasteiger partial charge in [0.25, 0.3) is 0 Å². The molecule has 0 aliphatic carbocycles. The van der Waals surface area contributed by atoms with Gasteiger partial charge in [-0.3, -0.25) is 0 Å². The van der Waals surface area contributed by atoms with Gasteiger partial charge in [0.1, 0.15) is 5.82 Å². The second kappa shape index (κ2) is 6.00. The Morgan fingerprint density at radius 3 is 2.75 bits per heavy atom. The molecule has 0 aliphatic heterocycles.